The molecular weight excluding hydrogens is 162 g/mol. The van der Waals surface area contributed by atoms with Crippen LogP contribution in [0.1, 0.15) is 0 Å². The van der Waals surface area contributed by atoms with Gasteiger partial charge in [-0.2, -0.15) is 0 Å². The normalized spacial score (nSPS) is 10.2. The van der Waals surface area contributed by atoms with E-state index in [0.717, 1.165) is 16.6 Å². The largest absolute Gasteiger partial charge is 0.386 e. The molecule has 0 fully saturated rings. The van der Waals surface area contributed by atoms with E-state index >= 15 is 0 Å². The number of nitrogens with two attached hydrogens (primary N) is 1. The van der Waals surface area contributed by atoms with E-state index in [1.54, 1.807) is 0 Å². The van der Waals surface area contributed by atoms with Crippen LogP contribution in [0.15, 0.2) is 30.3 Å². The van der Waals surface area contributed by atoms with E-state index in [1.165, 1.54) is 0 Å². The van der Waals surface area contributed by atoms with Gasteiger partial charge in [-0.25, -0.2) is 4.98 Å². The molecule has 13 heavy (non-hydrogen) atoms. The van der Waals surface area contributed by atoms with E-state index in [2.05, 4.69) is 10.3 Å². The number of benzene rings is 1. The number of hydrogen-bond donors (Lipinski definition) is 2. The van der Waals surface area contributed by atoms with E-state index in [1.807, 2.05) is 37.4 Å². The second kappa shape index (κ2) is 2.94. The molecule has 0 saturated heterocycles. The predicted octanol–water partition coefficient (Wildman–Crippen LogP) is 1.86. The quantitative estimate of drug-likeness (QED) is 0.692. The summed E-state index contributed by atoms with van der Waals surface area (Å²) in [6.45, 7) is 0. The van der Waals surface area contributed by atoms with Crippen molar-refractivity contribution < 1.29 is 0 Å². The molecule has 0 atom stereocenters. The maximum atomic E-state index is 5.61. The molecule has 0 amide bonds. The minimum Gasteiger partial charge on any atom is -0.386 e. The van der Waals surface area contributed by atoms with Crippen LogP contribution >= 0.6 is 0 Å². The summed E-state index contributed by atoms with van der Waals surface area (Å²) in [6.07, 6.45) is 0. The average Bonchev–Trinajstić information content (AvgIpc) is 2.17. The smallest absolute Gasteiger partial charge is 0.124 e. The van der Waals surface area contributed by atoms with Crippen molar-refractivity contribution in [3.63, 3.8) is 0 Å². The fourth-order valence-electron chi connectivity index (χ4n) is 1.36. The Morgan fingerprint density at radius 2 is 2.08 bits per heavy atom. The Kier molecular flexibility index (Phi) is 1.77. The maximum absolute atomic E-state index is 5.61. The van der Waals surface area contributed by atoms with Crippen LogP contribution in [-0.2, 0) is 0 Å². The van der Waals surface area contributed by atoms with Crippen molar-refractivity contribution in [2.24, 2.45) is 0 Å². The van der Waals surface area contributed by atoms with Crippen LogP contribution in [-0.4, -0.2) is 12.0 Å². The lowest BCUT2D eigenvalue weighted by Gasteiger charge is -2.04. The van der Waals surface area contributed by atoms with Gasteiger partial charge in [0, 0.05) is 12.4 Å². The van der Waals surface area contributed by atoms with Crippen LogP contribution in [0.4, 0.5) is 11.5 Å². The van der Waals surface area contributed by atoms with Crippen molar-refractivity contribution in [2.75, 3.05) is 18.1 Å². The van der Waals surface area contributed by atoms with Gasteiger partial charge in [0.2, 0.25) is 0 Å². The molecule has 0 saturated carbocycles. The van der Waals surface area contributed by atoms with E-state index in [0.29, 0.717) is 5.82 Å². The van der Waals surface area contributed by atoms with Gasteiger partial charge in [0.25, 0.3) is 0 Å². The van der Waals surface area contributed by atoms with Crippen LogP contribution in [0.5, 0.6) is 0 Å². The Balaban J connectivity index is 2.79. The summed E-state index contributed by atoms with van der Waals surface area (Å²) in [5.74, 6) is 0.551. The molecule has 1 aromatic carbocycles. The number of pyridine rings is 1. The summed E-state index contributed by atoms with van der Waals surface area (Å²) in [4.78, 5) is 4.26. The third kappa shape index (κ3) is 1.28. The summed E-state index contributed by atoms with van der Waals surface area (Å²) in [5, 5.41) is 4.18. The fourth-order valence-corrected chi connectivity index (χ4v) is 1.36. The molecule has 3 heteroatoms. The highest BCUT2D eigenvalue weighted by atomic mass is 14.9. The SMILES string of the molecule is CNc1cccc2ccc(N)nc12. The lowest BCUT2D eigenvalue weighted by molar-refractivity contribution is 1.40. The first-order valence-corrected chi connectivity index (χ1v) is 4.14. The molecule has 0 aliphatic rings. The second-order valence-corrected chi connectivity index (χ2v) is 2.86. The summed E-state index contributed by atoms with van der Waals surface area (Å²) in [7, 11) is 1.87. The summed E-state index contributed by atoms with van der Waals surface area (Å²) in [6, 6.07) is 9.77. The molecule has 2 aromatic rings. The number of anilines is 2. The Hall–Kier alpha value is -1.77. The van der Waals surface area contributed by atoms with Crippen LogP contribution in [0.25, 0.3) is 10.9 Å². The van der Waals surface area contributed by atoms with Crippen molar-refractivity contribution in [1.82, 2.24) is 4.98 Å². The zero-order chi connectivity index (χ0) is 9.26. The molecule has 0 bridgehead atoms. The van der Waals surface area contributed by atoms with Gasteiger partial charge in [-0.3, -0.25) is 0 Å². The van der Waals surface area contributed by atoms with Crippen LogP contribution in [0, 0.1) is 0 Å². The van der Waals surface area contributed by atoms with Crippen LogP contribution in [0.3, 0.4) is 0 Å². The van der Waals surface area contributed by atoms with Gasteiger partial charge in [0.15, 0.2) is 0 Å². The zero-order valence-electron chi connectivity index (χ0n) is 7.41. The van der Waals surface area contributed by atoms with Crippen LogP contribution < -0.4 is 11.1 Å². The molecule has 2 rings (SSSR count). The topological polar surface area (TPSA) is 50.9 Å². The minimum atomic E-state index is 0.551. The van der Waals surface area contributed by atoms with Gasteiger partial charge in [-0.05, 0) is 18.2 Å². The fraction of sp³-hybridized carbons (Fsp3) is 0.100. The first kappa shape index (κ1) is 7.86. The average molecular weight is 173 g/mol. The highest BCUT2D eigenvalue weighted by molar-refractivity contribution is 5.91. The van der Waals surface area contributed by atoms with Gasteiger partial charge >= 0.3 is 0 Å². The van der Waals surface area contributed by atoms with Gasteiger partial charge < -0.3 is 11.1 Å². The molecule has 66 valence electrons. The number of nitrogen functional groups attached to an aromatic ring is 1. The number of hydrogen-bond acceptors (Lipinski definition) is 3. The molecule has 0 unspecified atom stereocenters. The third-order valence-corrected chi connectivity index (χ3v) is 2.01. The molecule has 0 aliphatic heterocycles. The lowest BCUT2D eigenvalue weighted by Crippen LogP contribution is -1.94. The number of nitrogens with one attached hydrogen (secondary N) is 1. The third-order valence-electron chi connectivity index (χ3n) is 2.01. The van der Waals surface area contributed by atoms with Crippen LogP contribution in [0.2, 0.25) is 0 Å². The zero-order valence-corrected chi connectivity index (χ0v) is 7.41. The number of fused-ring (bicyclic) bond motifs is 1. The number of aromatic nitrogens is 1. The Morgan fingerprint density at radius 3 is 2.85 bits per heavy atom. The minimum absolute atomic E-state index is 0.551. The summed E-state index contributed by atoms with van der Waals surface area (Å²) >= 11 is 0. The van der Waals surface area contributed by atoms with E-state index in [4.69, 9.17) is 5.73 Å². The maximum Gasteiger partial charge on any atom is 0.124 e. The van der Waals surface area contributed by atoms with Gasteiger partial charge in [-0.15, -0.1) is 0 Å². The first-order chi connectivity index (χ1) is 6.31. The Morgan fingerprint density at radius 1 is 1.23 bits per heavy atom. The molecule has 3 nitrogen and oxygen atoms in total. The molecule has 0 spiro atoms. The summed E-state index contributed by atoms with van der Waals surface area (Å²) in [5.41, 5.74) is 7.53. The highest BCUT2D eigenvalue weighted by Gasteiger charge is 1.99. The molecule has 1 heterocycles. The number of nitrogens with zero attached hydrogens (tertiary/aromatic N) is 1. The standard InChI is InChI=1S/C10H11N3/c1-12-8-4-2-3-7-5-6-9(11)13-10(7)8/h2-6,12H,1H3,(H2,11,13). The molecular formula is C10H11N3. The van der Waals surface area contributed by atoms with Crippen molar-refractivity contribution in [1.29, 1.82) is 0 Å². The lowest BCUT2D eigenvalue weighted by atomic mass is 10.2. The van der Waals surface area contributed by atoms with E-state index in [9.17, 15) is 0 Å². The Labute approximate surface area is 76.6 Å². The molecule has 3 N–H and O–H groups in total. The highest BCUT2D eigenvalue weighted by Crippen LogP contribution is 2.21. The van der Waals surface area contributed by atoms with Crippen molar-refractivity contribution >= 4 is 22.4 Å². The van der Waals surface area contributed by atoms with Crippen molar-refractivity contribution in [3.8, 4) is 0 Å². The Bertz CT molecular complexity index is 437. The number of para-hydroxylation sites is 1. The van der Waals surface area contributed by atoms with Crippen molar-refractivity contribution in [2.45, 2.75) is 0 Å². The molecule has 0 radical (unpaired) electrons. The van der Waals surface area contributed by atoms with Gasteiger partial charge in [0.05, 0.1) is 11.2 Å². The molecule has 1 aromatic heterocycles. The van der Waals surface area contributed by atoms with E-state index in [-0.39, 0.29) is 0 Å². The second-order valence-electron chi connectivity index (χ2n) is 2.86. The summed E-state index contributed by atoms with van der Waals surface area (Å²) < 4.78 is 0. The van der Waals surface area contributed by atoms with Gasteiger partial charge in [0.1, 0.15) is 5.82 Å². The van der Waals surface area contributed by atoms with E-state index < -0.39 is 0 Å². The molecule has 0 aliphatic carbocycles. The first-order valence-electron chi connectivity index (χ1n) is 4.14. The number of rotatable bonds is 1. The predicted molar refractivity (Wildman–Crippen MR) is 55.7 cm³/mol. The van der Waals surface area contributed by atoms with Crippen molar-refractivity contribution in [3.05, 3.63) is 30.3 Å². The van der Waals surface area contributed by atoms with Gasteiger partial charge in [-0.1, -0.05) is 12.1 Å². The monoisotopic (exact) mass is 173 g/mol.